The highest BCUT2D eigenvalue weighted by atomic mass is 16.5. The molecule has 0 radical (unpaired) electrons. The van der Waals surface area contributed by atoms with E-state index in [9.17, 15) is 4.79 Å². The van der Waals surface area contributed by atoms with E-state index in [0.29, 0.717) is 30.7 Å². The van der Waals surface area contributed by atoms with Crippen molar-refractivity contribution in [2.45, 2.75) is 52.6 Å². The number of hydrogen-bond acceptors (Lipinski definition) is 6. The topological polar surface area (TPSA) is 86.4 Å². The van der Waals surface area contributed by atoms with E-state index < -0.39 is 0 Å². The Morgan fingerprint density at radius 1 is 1.12 bits per heavy atom. The van der Waals surface area contributed by atoms with Crippen molar-refractivity contribution in [3.63, 3.8) is 0 Å². The predicted molar refractivity (Wildman–Crippen MR) is 155 cm³/mol. The third kappa shape index (κ3) is 6.11. The Bertz CT molecular complexity index is 1480. The van der Waals surface area contributed by atoms with Crippen molar-refractivity contribution in [3.8, 4) is 28.1 Å². The van der Waals surface area contributed by atoms with E-state index in [2.05, 4.69) is 47.5 Å². The van der Waals surface area contributed by atoms with Crippen LogP contribution >= 0.6 is 0 Å². The molecule has 1 N–H and O–H groups in total. The Morgan fingerprint density at radius 3 is 2.65 bits per heavy atom. The number of likely N-dealkylation sites (tertiary alicyclic amines) is 1. The van der Waals surface area contributed by atoms with E-state index in [-0.39, 0.29) is 11.9 Å². The molecule has 0 aliphatic carbocycles. The number of ether oxygens (including phenoxy) is 2. The number of hydrogen-bond donors (Lipinski definition) is 1. The lowest BCUT2D eigenvalue weighted by Crippen LogP contribution is -2.48. The highest BCUT2D eigenvalue weighted by Crippen LogP contribution is 2.30. The Morgan fingerprint density at radius 2 is 1.95 bits per heavy atom. The predicted octanol–water partition coefficient (Wildman–Crippen LogP) is 4.92. The lowest BCUT2D eigenvalue weighted by molar-refractivity contribution is 0.0767. The van der Waals surface area contributed by atoms with Gasteiger partial charge in [0.1, 0.15) is 19.1 Å². The molecule has 210 valence electrons. The number of carbonyl (C=O) groups is 1. The average molecular weight is 543 g/mol. The molecule has 2 aromatic heterocycles. The van der Waals surface area contributed by atoms with Gasteiger partial charge in [0.15, 0.2) is 0 Å². The number of aryl methyl sites for hydroxylation is 2. The summed E-state index contributed by atoms with van der Waals surface area (Å²) >= 11 is 0. The molecule has 2 aromatic carbocycles. The van der Waals surface area contributed by atoms with Crippen LogP contribution in [0.1, 0.15) is 47.8 Å². The molecule has 9 nitrogen and oxygen atoms in total. The minimum absolute atomic E-state index is 0.133. The maximum absolute atomic E-state index is 13.5. The van der Waals surface area contributed by atoms with Crippen LogP contribution in [0.5, 0.6) is 5.75 Å². The molecule has 1 fully saturated rings. The summed E-state index contributed by atoms with van der Waals surface area (Å²) in [6.07, 6.45) is 6.90. The van der Waals surface area contributed by atoms with Gasteiger partial charge in [-0.15, -0.1) is 0 Å². The fourth-order valence-electron chi connectivity index (χ4n) is 4.89. The Balaban J connectivity index is 1.39. The number of aromatic nitrogens is 4. The van der Waals surface area contributed by atoms with Gasteiger partial charge in [0.05, 0.1) is 17.9 Å². The van der Waals surface area contributed by atoms with Crippen LogP contribution in [0.25, 0.3) is 22.4 Å². The number of carbonyl (C=O) groups excluding carboxylic acids is 1. The van der Waals surface area contributed by atoms with Crippen molar-refractivity contribution in [1.29, 1.82) is 0 Å². The summed E-state index contributed by atoms with van der Waals surface area (Å²) in [5.41, 5.74) is 6.32. The van der Waals surface area contributed by atoms with Gasteiger partial charge in [0.25, 0.3) is 5.91 Å². The van der Waals surface area contributed by atoms with Crippen molar-refractivity contribution in [2.75, 3.05) is 27.3 Å². The minimum atomic E-state index is -0.249. The standard InChI is InChI=1S/C31H38N6O3/c1-6-36-12-10-30(34-36)25-14-23(13-24(15-25)26-17-32-37(18-26)20-39-5)22(3)33-31(38)29-16-28(8-7-21(29)2)40-19-27-9-11-35(27)4/h7-8,10,12-18,22,27H,6,9,11,19-20H2,1-5H3,(H,33,38)/t22-,27+/m1/s1. The smallest absolute Gasteiger partial charge is 0.252 e. The summed E-state index contributed by atoms with van der Waals surface area (Å²) in [6.45, 7) is 8.91. The first-order valence-corrected chi connectivity index (χ1v) is 13.8. The second kappa shape index (κ2) is 12.1. The maximum Gasteiger partial charge on any atom is 0.252 e. The van der Waals surface area contributed by atoms with Gasteiger partial charge in [0.2, 0.25) is 0 Å². The van der Waals surface area contributed by atoms with Crippen LogP contribution in [0.2, 0.25) is 0 Å². The number of methoxy groups -OCH3 is 1. The van der Waals surface area contributed by atoms with Crippen LogP contribution in [0.15, 0.2) is 61.1 Å². The fraction of sp³-hybridized carbons (Fsp3) is 0.387. The van der Waals surface area contributed by atoms with Gasteiger partial charge in [-0.1, -0.05) is 6.07 Å². The third-order valence-corrected chi connectivity index (χ3v) is 7.63. The fourth-order valence-corrected chi connectivity index (χ4v) is 4.89. The van der Waals surface area contributed by atoms with E-state index in [1.807, 2.05) is 61.4 Å². The van der Waals surface area contributed by atoms with Crippen LogP contribution in [0.3, 0.4) is 0 Å². The minimum Gasteiger partial charge on any atom is -0.492 e. The van der Waals surface area contributed by atoms with Gasteiger partial charge >= 0.3 is 0 Å². The second-order valence-electron chi connectivity index (χ2n) is 10.5. The monoisotopic (exact) mass is 542 g/mol. The number of benzene rings is 2. The van der Waals surface area contributed by atoms with Crippen molar-refractivity contribution in [2.24, 2.45) is 0 Å². The highest BCUT2D eigenvalue weighted by molar-refractivity contribution is 5.96. The zero-order chi connectivity index (χ0) is 28.2. The quantitative estimate of drug-likeness (QED) is 0.290. The summed E-state index contributed by atoms with van der Waals surface area (Å²) in [7, 11) is 3.75. The molecule has 1 amide bonds. The zero-order valence-electron chi connectivity index (χ0n) is 23.9. The first kappa shape index (κ1) is 27.6. The van der Waals surface area contributed by atoms with Gasteiger partial charge in [0, 0.05) is 48.8 Å². The largest absolute Gasteiger partial charge is 0.492 e. The number of nitrogens with zero attached hydrogens (tertiary/aromatic N) is 5. The first-order chi connectivity index (χ1) is 19.3. The van der Waals surface area contributed by atoms with E-state index in [4.69, 9.17) is 14.6 Å². The second-order valence-corrected chi connectivity index (χ2v) is 10.5. The van der Waals surface area contributed by atoms with Crippen LogP contribution in [-0.4, -0.2) is 63.7 Å². The number of likely N-dealkylation sites (N-methyl/N-ethyl adjacent to an activating group) is 1. The number of amides is 1. The summed E-state index contributed by atoms with van der Waals surface area (Å²) in [5, 5.41) is 12.3. The summed E-state index contributed by atoms with van der Waals surface area (Å²) < 4.78 is 14.9. The van der Waals surface area contributed by atoms with Crippen LogP contribution in [0, 0.1) is 6.92 Å². The van der Waals surface area contributed by atoms with Crippen molar-refractivity contribution in [1.82, 2.24) is 29.8 Å². The Labute approximate surface area is 235 Å². The van der Waals surface area contributed by atoms with Gasteiger partial charge in [-0.2, -0.15) is 10.2 Å². The average Bonchev–Trinajstić information content (AvgIpc) is 3.63. The Kier molecular flexibility index (Phi) is 8.32. The molecule has 4 aromatic rings. The van der Waals surface area contributed by atoms with Crippen LogP contribution in [-0.2, 0) is 18.0 Å². The normalized spacial score (nSPS) is 16.0. The van der Waals surface area contributed by atoms with E-state index in [1.54, 1.807) is 11.8 Å². The zero-order valence-corrected chi connectivity index (χ0v) is 23.9. The van der Waals surface area contributed by atoms with Crippen LogP contribution in [0.4, 0.5) is 0 Å². The highest BCUT2D eigenvalue weighted by Gasteiger charge is 2.24. The van der Waals surface area contributed by atoms with Crippen LogP contribution < -0.4 is 10.1 Å². The molecule has 0 unspecified atom stereocenters. The van der Waals surface area contributed by atoms with E-state index >= 15 is 0 Å². The Hall–Kier alpha value is -3.95. The SMILES string of the molecule is CCn1ccc(-c2cc(-c3cnn(COC)c3)cc([C@@H](C)NC(=O)c3cc(OC[C@@H]4CCN4C)ccc3C)c2)n1. The molecule has 9 heteroatoms. The molecular weight excluding hydrogens is 504 g/mol. The van der Waals surface area contributed by atoms with E-state index in [1.165, 1.54) is 0 Å². The first-order valence-electron chi connectivity index (χ1n) is 13.8. The summed E-state index contributed by atoms with van der Waals surface area (Å²) in [5.74, 6) is 0.582. The summed E-state index contributed by atoms with van der Waals surface area (Å²) in [6, 6.07) is 14.2. The molecule has 1 saturated heterocycles. The maximum atomic E-state index is 13.5. The van der Waals surface area contributed by atoms with Crippen molar-refractivity contribution < 1.29 is 14.3 Å². The molecule has 0 spiro atoms. The molecule has 2 atom stereocenters. The molecule has 1 aliphatic rings. The number of nitrogens with one attached hydrogen (secondary N) is 1. The third-order valence-electron chi connectivity index (χ3n) is 7.63. The molecule has 0 bridgehead atoms. The van der Waals surface area contributed by atoms with Gasteiger partial charge in [-0.05, 0) is 93.9 Å². The molecule has 0 saturated carbocycles. The van der Waals surface area contributed by atoms with E-state index in [0.717, 1.165) is 53.0 Å². The molecule has 3 heterocycles. The molecular formula is C31H38N6O3. The van der Waals surface area contributed by atoms with Gasteiger partial charge < -0.3 is 14.8 Å². The van der Waals surface area contributed by atoms with Gasteiger partial charge in [-0.25, -0.2) is 4.68 Å². The lowest BCUT2D eigenvalue weighted by Gasteiger charge is -2.37. The summed E-state index contributed by atoms with van der Waals surface area (Å²) in [4.78, 5) is 15.7. The lowest BCUT2D eigenvalue weighted by atomic mass is 9.96. The molecule has 5 rings (SSSR count). The molecule has 1 aliphatic heterocycles. The van der Waals surface area contributed by atoms with Gasteiger partial charge in [-0.3, -0.25) is 14.4 Å². The molecule has 40 heavy (non-hydrogen) atoms. The number of rotatable bonds is 11. The van der Waals surface area contributed by atoms with Crippen molar-refractivity contribution in [3.05, 3.63) is 77.7 Å². The van der Waals surface area contributed by atoms with Crippen molar-refractivity contribution >= 4 is 5.91 Å².